The number of alkyl halides is 3. The number of rotatable bonds is 4. The van der Waals surface area contributed by atoms with Gasteiger partial charge in [0.1, 0.15) is 12.4 Å². The summed E-state index contributed by atoms with van der Waals surface area (Å²) in [4.78, 5) is 15.2. The summed E-state index contributed by atoms with van der Waals surface area (Å²) in [6.07, 6.45) is -2.47. The Hall–Kier alpha value is -2.16. The Morgan fingerprint density at radius 3 is 2.74 bits per heavy atom. The van der Waals surface area contributed by atoms with E-state index in [1.807, 2.05) is 0 Å². The average Bonchev–Trinajstić information content (AvgIpc) is 3.17. The lowest BCUT2D eigenvalue weighted by molar-refractivity contribution is -0.139. The van der Waals surface area contributed by atoms with Crippen LogP contribution >= 0.6 is 15.9 Å². The minimum atomic E-state index is -4.66. The Kier molecular flexibility index (Phi) is 4.17. The van der Waals surface area contributed by atoms with E-state index in [2.05, 4.69) is 20.9 Å². The molecular weight excluding hydrogens is 434 g/mol. The molecule has 3 atom stereocenters. The summed E-state index contributed by atoms with van der Waals surface area (Å²) in [5.74, 6) is -1.89. The van der Waals surface area contributed by atoms with Gasteiger partial charge in [0.15, 0.2) is 0 Å². The van der Waals surface area contributed by atoms with E-state index in [-0.39, 0.29) is 40.3 Å². The monoisotopic (exact) mass is 445 g/mol. The molecule has 9 heteroatoms. The van der Waals surface area contributed by atoms with Crippen molar-refractivity contribution in [3.63, 3.8) is 0 Å². The smallest absolute Gasteiger partial charge is 0.417 e. The highest BCUT2D eigenvalue weighted by Crippen LogP contribution is 2.61. The molecule has 0 bridgehead atoms. The van der Waals surface area contributed by atoms with Crippen LogP contribution in [0, 0.1) is 17.7 Å². The molecule has 4 nitrogen and oxygen atoms in total. The highest BCUT2D eigenvalue weighted by molar-refractivity contribution is 9.10. The summed E-state index contributed by atoms with van der Waals surface area (Å²) in [6, 6.07) is 3.15. The van der Waals surface area contributed by atoms with Gasteiger partial charge in [0.25, 0.3) is 0 Å². The summed E-state index contributed by atoms with van der Waals surface area (Å²) < 4.78 is 57.5. The molecule has 3 unspecified atom stereocenters. The van der Waals surface area contributed by atoms with Gasteiger partial charge in [-0.2, -0.15) is 13.2 Å². The third kappa shape index (κ3) is 3.18. The number of aromatic nitrogens is 1. The zero-order valence-corrected chi connectivity index (χ0v) is 15.1. The maximum absolute atomic E-state index is 14.0. The molecular formula is C18H12BrF4NO3. The summed E-state index contributed by atoms with van der Waals surface area (Å²) in [5, 5.41) is 9.11. The molecule has 1 fully saturated rings. The van der Waals surface area contributed by atoms with Crippen LogP contribution in [0.3, 0.4) is 0 Å². The molecule has 1 aromatic heterocycles. The van der Waals surface area contributed by atoms with Gasteiger partial charge in [-0.15, -0.1) is 0 Å². The number of carboxylic acids is 1. The van der Waals surface area contributed by atoms with Crippen LogP contribution in [0.25, 0.3) is 0 Å². The van der Waals surface area contributed by atoms with Gasteiger partial charge in [0.2, 0.25) is 5.88 Å². The van der Waals surface area contributed by atoms with Crippen LogP contribution in [-0.2, 0) is 24.0 Å². The minimum Gasteiger partial charge on any atom is -0.481 e. The van der Waals surface area contributed by atoms with E-state index in [0.29, 0.717) is 12.5 Å². The summed E-state index contributed by atoms with van der Waals surface area (Å²) in [5.41, 5.74) is 0.711. The van der Waals surface area contributed by atoms with E-state index in [1.165, 1.54) is 0 Å². The predicted octanol–water partition coefficient (Wildman–Crippen LogP) is 4.55. The first kappa shape index (κ1) is 18.2. The Morgan fingerprint density at radius 2 is 2.07 bits per heavy atom. The van der Waals surface area contributed by atoms with Gasteiger partial charge in [0, 0.05) is 28.2 Å². The molecule has 0 amide bonds. The van der Waals surface area contributed by atoms with Crippen LogP contribution in [0.4, 0.5) is 17.6 Å². The van der Waals surface area contributed by atoms with Crippen LogP contribution in [0.1, 0.15) is 28.2 Å². The third-order valence-corrected chi connectivity index (χ3v) is 5.74. The summed E-state index contributed by atoms with van der Waals surface area (Å²) in [6.45, 7) is -0.279. The van der Waals surface area contributed by atoms with Gasteiger partial charge >= 0.3 is 12.1 Å². The standard InChI is InChI=1S/C18H12BrF4NO3/c19-12-2-8(13(20)4-11(12)18(21,22)23)6-27-14-3-7-1-9-15(10(7)5-24-14)16(9)17(25)26/h2-5,9,15-16H,1,6H2,(H,25,26). The van der Waals surface area contributed by atoms with Gasteiger partial charge in [-0.1, -0.05) is 15.9 Å². The normalized spacial score (nSPS) is 22.9. The first-order valence-corrected chi connectivity index (χ1v) is 8.85. The lowest BCUT2D eigenvalue weighted by Crippen LogP contribution is -2.09. The molecule has 1 aromatic carbocycles. The van der Waals surface area contributed by atoms with Crippen molar-refractivity contribution in [3.8, 4) is 5.88 Å². The zero-order chi connectivity index (χ0) is 19.5. The van der Waals surface area contributed by atoms with Crippen molar-refractivity contribution in [2.75, 3.05) is 0 Å². The second-order valence-electron chi connectivity index (χ2n) is 6.69. The molecule has 4 rings (SSSR count). The van der Waals surface area contributed by atoms with Crippen LogP contribution in [0.2, 0.25) is 0 Å². The lowest BCUT2D eigenvalue weighted by Gasteiger charge is -2.13. The molecule has 0 spiro atoms. The number of benzene rings is 1. The molecule has 0 saturated heterocycles. The van der Waals surface area contributed by atoms with E-state index in [4.69, 9.17) is 9.84 Å². The molecule has 2 aromatic rings. The fraction of sp³-hybridized carbons (Fsp3) is 0.333. The van der Waals surface area contributed by atoms with Gasteiger partial charge in [-0.3, -0.25) is 4.79 Å². The van der Waals surface area contributed by atoms with Crippen molar-refractivity contribution in [1.29, 1.82) is 0 Å². The van der Waals surface area contributed by atoms with E-state index in [1.54, 1.807) is 12.3 Å². The Labute approximate surface area is 159 Å². The first-order chi connectivity index (χ1) is 12.7. The first-order valence-electron chi connectivity index (χ1n) is 8.06. The van der Waals surface area contributed by atoms with E-state index >= 15 is 0 Å². The molecule has 1 heterocycles. The van der Waals surface area contributed by atoms with E-state index in [9.17, 15) is 22.4 Å². The predicted molar refractivity (Wildman–Crippen MR) is 88.7 cm³/mol. The topological polar surface area (TPSA) is 59.4 Å². The number of fused-ring (bicyclic) bond motifs is 3. The van der Waals surface area contributed by atoms with Crippen molar-refractivity contribution in [2.24, 2.45) is 11.8 Å². The SMILES string of the molecule is O=C(O)C1C2Cc3cc(OCc4cc(Br)c(C(F)(F)F)cc4F)ncc3C21. The number of hydrogen-bond donors (Lipinski definition) is 1. The Balaban J connectivity index is 1.48. The van der Waals surface area contributed by atoms with Crippen LogP contribution in [0.5, 0.6) is 5.88 Å². The van der Waals surface area contributed by atoms with Gasteiger partial charge < -0.3 is 9.84 Å². The molecule has 2 aliphatic carbocycles. The molecule has 0 aliphatic heterocycles. The zero-order valence-electron chi connectivity index (χ0n) is 13.6. The number of nitrogens with zero attached hydrogens (tertiary/aromatic N) is 1. The molecule has 27 heavy (non-hydrogen) atoms. The largest absolute Gasteiger partial charge is 0.481 e. The average molecular weight is 446 g/mol. The minimum absolute atomic E-state index is 0.0117. The second kappa shape index (κ2) is 6.19. The molecule has 2 aliphatic rings. The fourth-order valence-corrected chi connectivity index (χ4v) is 4.37. The number of pyridine rings is 1. The molecule has 1 N–H and O–H groups in total. The Bertz CT molecular complexity index is 947. The van der Waals surface area contributed by atoms with Crippen LogP contribution in [-0.4, -0.2) is 16.1 Å². The van der Waals surface area contributed by atoms with Crippen molar-refractivity contribution in [3.05, 3.63) is 56.9 Å². The highest BCUT2D eigenvalue weighted by Gasteiger charge is 2.59. The number of carbonyl (C=O) groups is 1. The number of aliphatic carboxylic acids is 1. The summed E-state index contributed by atoms with van der Waals surface area (Å²) >= 11 is 2.81. The number of ether oxygens (including phenoxy) is 1. The van der Waals surface area contributed by atoms with Gasteiger partial charge in [-0.05, 0) is 35.6 Å². The Morgan fingerprint density at radius 1 is 1.33 bits per heavy atom. The van der Waals surface area contributed by atoms with Crippen molar-refractivity contribution >= 4 is 21.9 Å². The molecule has 1 saturated carbocycles. The second-order valence-corrected chi connectivity index (χ2v) is 7.54. The quantitative estimate of drug-likeness (QED) is 0.701. The van der Waals surface area contributed by atoms with Crippen molar-refractivity contribution < 1.29 is 32.2 Å². The molecule has 142 valence electrons. The number of halogens is 5. The number of carboxylic acid groups (broad SMARTS) is 1. The maximum Gasteiger partial charge on any atom is 0.417 e. The van der Waals surface area contributed by atoms with Crippen LogP contribution in [0.15, 0.2) is 28.9 Å². The highest BCUT2D eigenvalue weighted by atomic mass is 79.9. The third-order valence-electron chi connectivity index (χ3n) is 5.08. The van der Waals surface area contributed by atoms with E-state index < -0.39 is 23.5 Å². The van der Waals surface area contributed by atoms with Gasteiger partial charge in [-0.25, -0.2) is 9.37 Å². The lowest BCUT2D eigenvalue weighted by atomic mass is 10.0. The maximum atomic E-state index is 14.0. The summed E-state index contributed by atoms with van der Waals surface area (Å²) in [7, 11) is 0. The van der Waals surface area contributed by atoms with Gasteiger partial charge in [0.05, 0.1) is 11.5 Å². The fourth-order valence-electron chi connectivity index (χ4n) is 3.75. The van der Waals surface area contributed by atoms with Crippen LogP contribution < -0.4 is 4.74 Å². The van der Waals surface area contributed by atoms with Crippen molar-refractivity contribution in [1.82, 2.24) is 4.98 Å². The van der Waals surface area contributed by atoms with Crippen molar-refractivity contribution in [2.45, 2.75) is 25.1 Å². The van der Waals surface area contributed by atoms with E-state index in [0.717, 1.165) is 17.2 Å². The number of hydrogen-bond acceptors (Lipinski definition) is 3. The molecule has 0 radical (unpaired) electrons.